The second kappa shape index (κ2) is 5.88. The van der Waals surface area contributed by atoms with Gasteiger partial charge in [0.25, 0.3) is 0 Å². The molecule has 26 heavy (non-hydrogen) atoms. The number of nitriles is 2. The first-order valence-corrected chi connectivity index (χ1v) is 11.5. The maximum absolute atomic E-state index is 9.66. The van der Waals surface area contributed by atoms with Crippen LogP contribution in [0, 0.1) is 22.7 Å². The Balaban J connectivity index is 2.09. The Morgan fingerprint density at radius 2 is 1.31 bits per heavy atom. The van der Waals surface area contributed by atoms with Gasteiger partial charge in [-0.15, -0.1) is 0 Å². The summed E-state index contributed by atoms with van der Waals surface area (Å²) in [5, 5.41) is 21.7. The largest absolute Gasteiger partial charge is 0.309 e. The number of hydrogen-bond donors (Lipinski definition) is 0. The molecule has 0 N–H and O–H groups in total. The van der Waals surface area contributed by atoms with E-state index in [1.807, 2.05) is 18.2 Å². The van der Waals surface area contributed by atoms with Crippen LogP contribution < -0.4 is 15.3 Å². The topological polar surface area (TPSA) is 50.8 Å². The van der Waals surface area contributed by atoms with Gasteiger partial charge in [-0.3, -0.25) is 0 Å². The van der Waals surface area contributed by atoms with Gasteiger partial charge in [0.05, 0.1) is 22.9 Å². The molecule has 0 bridgehead atoms. The molecular formula is C22H17N3Si. The van der Waals surface area contributed by atoms with E-state index in [0.717, 1.165) is 17.1 Å². The highest BCUT2D eigenvalue weighted by Crippen LogP contribution is 2.39. The second-order valence-electron chi connectivity index (χ2n) is 6.95. The van der Waals surface area contributed by atoms with Gasteiger partial charge in [-0.1, -0.05) is 49.5 Å². The predicted molar refractivity (Wildman–Crippen MR) is 107 cm³/mol. The van der Waals surface area contributed by atoms with Gasteiger partial charge in [0.1, 0.15) is 14.1 Å². The van der Waals surface area contributed by atoms with Gasteiger partial charge in [-0.25, -0.2) is 0 Å². The SMILES string of the molecule is C[Si]1(C)c2ccccc2N(c2cc(C#N)ccc2C#N)c2ccccc21. The molecule has 1 aliphatic rings. The number of fused-ring (bicyclic) bond motifs is 2. The molecule has 3 aromatic carbocycles. The Morgan fingerprint density at radius 1 is 0.731 bits per heavy atom. The molecule has 124 valence electrons. The van der Waals surface area contributed by atoms with Crippen molar-refractivity contribution in [3.63, 3.8) is 0 Å². The number of rotatable bonds is 1. The highest BCUT2D eigenvalue weighted by molar-refractivity contribution is 7.02. The molecule has 3 aromatic rings. The third-order valence-electron chi connectivity index (χ3n) is 5.12. The van der Waals surface area contributed by atoms with Crippen molar-refractivity contribution >= 4 is 35.5 Å². The zero-order chi connectivity index (χ0) is 18.3. The van der Waals surface area contributed by atoms with Crippen molar-refractivity contribution in [2.75, 3.05) is 4.90 Å². The zero-order valence-corrected chi connectivity index (χ0v) is 15.7. The highest BCUT2D eigenvalue weighted by atomic mass is 28.3. The van der Waals surface area contributed by atoms with Crippen molar-refractivity contribution in [2.45, 2.75) is 13.1 Å². The Bertz CT molecular complexity index is 1050. The lowest BCUT2D eigenvalue weighted by Gasteiger charge is -2.41. The molecule has 0 atom stereocenters. The smallest absolute Gasteiger partial charge is 0.117 e. The normalized spacial score (nSPS) is 13.9. The second-order valence-corrected chi connectivity index (χ2v) is 11.3. The van der Waals surface area contributed by atoms with Crippen molar-refractivity contribution in [1.29, 1.82) is 10.5 Å². The van der Waals surface area contributed by atoms with E-state index in [9.17, 15) is 10.5 Å². The van der Waals surface area contributed by atoms with Crippen LogP contribution in [0.1, 0.15) is 11.1 Å². The molecule has 1 heterocycles. The summed E-state index contributed by atoms with van der Waals surface area (Å²) in [6.07, 6.45) is 0. The standard InChI is InChI=1S/C22H17N3Si/c1-26(2)21-9-5-3-7-18(21)25(19-8-4-6-10-22(19)26)20-13-16(14-23)11-12-17(20)15-24/h3-13H,1-2H3. The average molecular weight is 351 g/mol. The Kier molecular flexibility index (Phi) is 3.65. The van der Waals surface area contributed by atoms with Crippen molar-refractivity contribution in [2.24, 2.45) is 0 Å². The van der Waals surface area contributed by atoms with Crippen LogP contribution >= 0.6 is 0 Å². The summed E-state index contributed by atoms with van der Waals surface area (Å²) in [5.74, 6) is 0. The first-order chi connectivity index (χ1) is 12.6. The molecule has 0 fully saturated rings. The molecule has 0 aromatic heterocycles. The number of nitrogens with zero attached hydrogens (tertiary/aromatic N) is 3. The molecule has 4 heteroatoms. The summed E-state index contributed by atoms with van der Waals surface area (Å²) in [6.45, 7) is 4.72. The van der Waals surface area contributed by atoms with Crippen LogP contribution in [-0.4, -0.2) is 8.07 Å². The lowest BCUT2D eigenvalue weighted by atomic mass is 10.1. The molecule has 0 spiro atoms. The van der Waals surface area contributed by atoms with E-state index < -0.39 is 8.07 Å². The van der Waals surface area contributed by atoms with E-state index in [2.05, 4.69) is 66.5 Å². The van der Waals surface area contributed by atoms with Gasteiger partial charge in [0.15, 0.2) is 0 Å². The molecule has 0 saturated carbocycles. The van der Waals surface area contributed by atoms with Gasteiger partial charge in [-0.05, 0) is 40.7 Å². The van der Waals surface area contributed by atoms with Gasteiger partial charge >= 0.3 is 0 Å². The molecule has 3 nitrogen and oxygen atoms in total. The van der Waals surface area contributed by atoms with Crippen LogP contribution in [0.25, 0.3) is 0 Å². The molecular weight excluding hydrogens is 334 g/mol. The van der Waals surface area contributed by atoms with E-state index in [0.29, 0.717) is 11.1 Å². The zero-order valence-electron chi connectivity index (χ0n) is 14.7. The molecule has 4 rings (SSSR count). The van der Waals surface area contributed by atoms with Crippen molar-refractivity contribution in [3.8, 4) is 12.1 Å². The minimum absolute atomic E-state index is 0.552. The Labute approximate surface area is 154 Å². The maximum Gasteiger partial charge on any atom is 0.117 e. The summed E-state index contributed by atoms with van der Waals surface area (Å²) < 4.78 is 0. The van der Waals surface area contributed by atoms with Crippen molar-refractivity contribution < 1.29 is 0 Å². The van der Waals surface area contributed by atoms with E-state index >= 15 is 0 Å². The number of para-hydroxylation sites is 2. The monoisotopic (exact) mass is 351 g/mol. The van der Waals surface area contributed by atoms with Gasteiger partial charge in [0, 0.05) is 11.4 Å². The Morgan fingerprint density at radius 3 is 1.85 bits per heavy atom. The van der Waals surface area contributed by atoms with E-state index in [1.165, 1.54) is 10.4 Å². The third-order valence-corrected chi connectivity index (χ3v) is 8.66. The summed E-state index contributed by atoms with van der Waals surface area (Å²) in [5.41, 5.74) is 4.09. The quantitative estimate of drug-likeness (QED) is 0.622. The fourth-order valence-electron chi connectivity index (χ4n) is 3.81. The van der Waals surface area contributed by atoms with E-state index in [1.54, 1.807) is 12.1 Å². The van der Waals surface area contributed by atoms with Crippen LogP contribution in [0.3, 0.4) is 0 Å². The van der Waals surface area contributed by atoms with Gasteiger partial charge in [0.2, 0.25) is 0 Å². The first kappa shape index (κ1) is 16.1. The number of hydrogen-bond acceptors (Lipinski definition) is 3. The minimum Gasteiger partial charge on any atom is -0.309 e. The highest BCUT2D eigenvalue weighted by Gasteiger charge is 2.38. The fourth-order valence-corrected chi connectivity index (χ4v) is 6.80. The fraction of sp³-hybridized carbons (Fsp3) is 0.0909. The molecule has 0 aliphatic carbocycles. The molecule has 1 aliphatic heterocycles. The summed E-state index contributed by atoms with van der Waals surface area (Å²) >= 11 is 0. The average Bonchev–Trinajstić information content (AvgIpc) is 2.68. The van der Waals surface area contributed by atoms with Crippen LogP contribution in [-0.2, 0) is 0 Å². The maximum atomic E-state index is 9.66. The van der Waals surface area contributed by atoms with Crippen LogP contribution in [0.2, 0.25) is 13.1 Å². The molecule has 0 saturated heterocycles. The predicted octanol–water partition coefficient (Wildman–Crippen LogP) is 4.04. The lowest BCUT2D eigenvalue weighted by Crippen LogP contribution is -2.58. The summed E-state index contributed by atoms with van der Waals surface area (Å²) in [4.78, 5) is 2.14. The lowest BCUT2D eigenvalue weighted by molar-refractivity contribution is 1.27. The molecule has 0 amide bonds. The number of benzene rings is 3. The molecule has 0 unspecified atom stereocenters. The molecule has 0 radical (unpaired) electrons. The van der Waals surface area contributed by atoms with E-state index in [-0.39, 0.29) is 0 Å². The number of anilines is 3. The third kappa shape index (κ3) is 2.24. The van der Waals surface area contributed by atoms with Gasteiger partial charge < -0.3 is 4.90 Å². The van der Waals surface area contributed by atoms with Crippen LogP contribution in [0.4, 0.5) is 17.1 Å². The van der Waals surface area contributed by atoms with E-state index in [4.69, 9.17) is 0 Å². The van der Waals surface area contributed by atoms with Crippen molar-refractivity contribution in [1.82, 2.24) is 0 Å². The van der Waals surface area contributed by atoms with Crippen LogP contribution in [0.15, 0.2) is 66.7 Å². The van der Waals surface area contributed by atoms with Crippen LogP contribution in [0.5, 0.6) is 0 Å². The van der Waals surface area contributed by atoms with Crippen molar-refractivity contribution in [3.05, 3.63) is 77.9 Å². The first-order valence-electron chi connectivity index (χ1n) is 8.51. The Hall–Kier alpha value is -3.34. The summed E-state index contributed by atoms with van der Waals surface area (Å²) in [7, 11) is -1.85. The minimum atomic E-state index is -1.85. The summed E-state index contributed by atoms with van der Waals surface area (Å²) in [6, 6.07) is 26.6. The van der Waals surface area contributed by atoms with Gasteiger partial charge in [-0.2, -0.15) is 10.5 Å².